The quantitative estimate of drug-likeness (QED) is 0.104. The molecule has 21 heteroatoms. The normalized spacial score (nSPS) is 14.2. The molecule has 4 aromatic rings. The van der Waals surface area contributed by atoms with Gasteiger partial charge < -0.3 is 20.9 Å². The number of Topliss-reactive ketones (excluding diaryl/α,β-unsaturated/α-hetero) is 2. The van der Waals surface area contributed by atoms with E-state index in [1.54, 1.807) is 12.4 Å². The molecule has 2 aromatic carbocycles. The van der Waals surface area contributed by atoms with E-state index < -0.39 is 36.4 Å². The lowest BCUT2D eigenvalue weighted by Gasteiger charge is -2.33. The summed E-state index contributed by atoms with van der Waals surface area (Å²) < 4.78 is 98.2. The topological polar surface area (TPSA) is 146 Å². The largest absolute Gasteiger partial charge is 0.458 e. The third-order valence-electron chi connectivity index (χ3n) is 8.11. The van der Waals surface area contributed by atoms with Crippen LogP contribution in [0.3, 0.4) is 0 Å². The number of nitrogens with one attached hydrogen (secondary N) is 3. The number of aldehydes is 1. The van der Waals surface area contributed by atoms with Crippen LogP contribution in [0.15, 0.2) is 73.2 Å². The summed E-state index contributed by atoms with van der Waals surface area (Å²) in [5, 5.41) is 10.8. The van der Waals surface area contributed by atoms with Gasteiger partial charge >= 0.3 is 30.1 Å². The highest BCUT2D eigenvalue weighted by molar-refractivity contribution is 6.41. The first-order chi connectivity index (χ1) is 26.7. The minimum atomic E-state index is -5.77. The highest BCUT2D eigenvalue weighted by Gasteiger charge is 2.54. The highest BCUT2D eigenvalue weighted by atomic mass is 35.5. The average molecular weight is 832 g/mol. The van der Waals surface area contributed by atoms with Gasteiger partial charge in [-0.25, -0.2) is 4.98 Å². The van der Waals surface area contributed by atoms with Gasteiger partial charge in [0.2, 0.25) is 18.1 Å². The Balaban J connectivity index is 0.000000334. The van der Waals surface area contributed by atoms with E-state index >= 15 is 0 Å². The third kappa shape index (κ3) is 13.7. The summed E-state index contributed by atoms with van der Waals surface area (Å²) in [5.74, 6) is -5.63. The first kappa shape index (κ1) is 43.9. The number of nitrogens with zero attached hydrogens (tertiary/aromatic N) is 4. The zero-order chi connectivity index (χ0) is 42.0. The van der Waals surface area contributed by atoms with Crippen molar-refractivity contribution >= 4 is 64.2 Å². The van der Waals surface area contributed by atoms with Crippen LogP contribution in [0.2, 0.25) is 5.02 Å². The average Bonchev–Trinajstić information content (AvgIpc) is 3.16. The summed E-state index contributed by atoms with van der Waals surface area (Å²) >= 11 is 6.40. The molecule has 0 aliphatic carbocycles. The molecule has 2 aromatic heterocycles. The summed E-state index contributed by atoms with van der Waals surface area (Å²) in [7, 11) is 0. The third-order valence-corrected chi connectivity index (χ3v) is 8.38. The number of anilines is 5. The van der Waals surface area contributed by atoms with Gasteiger partial charge in [-0.05, 0) is 66.6 Å². The predicted molar refractivity (Wildman–Crippen MR) is 189 cm³/mol. The number of aromatic nitrogens is 3. The van der Waals surface area contributed by atoms with Gasteiger partial charge in [0, 0.05) is 36.7 Å². The number of fused-ring (bicyclic) bond motifs is 6. The van der Waals surface area contributed by atoms with Crippen LogP contribution in [0.4, 0.5) is 68.3 Å². The van der Waals surface area contributed by atoms with Gasteiger partial charge in [0.25, 0.3) is 0 Å². The van der Waals surface area contributed by atoms with E-state index in [9.17, 15) is 53.9 Å². The molecule has 1 saturated heterocycles. The molecule has 1 fully saturated rings. The van der Waals surface area contributed by atoms with Crippen molar-refractivity contribution in [2.24, 2.45) is 0 Å². The summed E-state index contributed by atoms with van der Waals surface area (Å²) in [6.45, 7) is 1.52. The number of piperidine rings is 1. The number of rotatable bonds is 5. The standard InChI is InChI=1S/C30H30ClN7O.C4F6O2.C2HF3O/c31-26-19-33-30-36-25-14-21(17-32-18-25)6-7-22-16-24(35-29(26)37-30)8-9-27(22)34-23-10-12-38(13-11-23)28(39)15-20-4-2-1-3-5-20;5-3(6,7)1(11)2(12)4(8,9)10;3-2(4,5)1-6/h1-5,8-9,14,16-19,23,34H,6-7,10-13,15H2,(H2,33,35,36,37);;1H. The lowest BCUT2D eigenvalue weighted by molar-refractivity contribution is -0.193. The number of hydrogen-bond acceptors (Lipinski definition) is 10. The van der Waals surface area contributed by atoms with Crippen molar-refractivity contribution in [3.63, 3.8) is 0 Å². The molecular formula is C36H31ClF9N7O4. The maximum atomic E-state index is 12.8. The fourth-order valence-electron chi connectivity index (χ4n) is 5.40. The molecule has 11 nitrogen and oxygen atoms in total. The SMILES string of the molecule is O=C(C(=O)C(F)(F)F)C(F)(F)F.O=C(Cc1ccccc1)N1CCC(Nc2ccc3cc2CCc2cncc(c2)Nc2ncc(Cl)c(n2)N3)CC1.O=CC(F)(F)F. The molecule has 6 rings (SSSR count). The van der Waals surface area contributed by atoms with E-state index in [0.717, 1.165) is 67.0 Å². The molecule has 0 saturated carbocycles. The van der Waals surface area contributed by atoms with Crippen molar-refractivity contribution in [1.82, 2.24) is 19.9 Å². The number of benzene rings is 2. The fraction of sp³-hybridized carbons (Fsp3) is 0.306. The maximum Gasteiger partial charge on any atom is 0.458 e. The maximum absolute atomic E-state index is 12.8. The number of hydrogen-bond donors (Lipinski definition) is 3. The summed E-state index contributed by atoms with van der Waals surface area (Å²) in [6.07, 6.45) is -8.03. The first-order valence-electron chi connectivity index (χ1n) is 16.7. The number of ketones is 2. The van der Waals surface area contributed by atoms with Crippen LogP contribution in [-0.4, -0.2) is 81.3 Å². The van der Waals surface area contributed by atoms with E-state index in [2.05, 4.69) is 49.1 Å². The van der Waals surface area contributed by atoms with Gasteiger partial charge in [-0.15, -0.1) is 0 Å². The summed E-state index contributed by atoms with van der Waals surface area (Å²) in [5.41, 5.74) is 6.24. The van der Waals surface area contributed by atoms with E-state index in [1.165, 1.54) is 5.56 Å². The second kappa shape index (κ2) is 18.9. The molecule has 3 N–H and O–H groups in total. The van der Waals surface area contributed by atoms with Gasteiger partial charge in [0.15, 0.2) is 5.82 Å². The van der Waals surface area contributed by atoms with Gasteiger partial charge in [-0.3, -0.25) is 24.2 Å². The molecule has 2 aliphatic heterocycles. The molecule has 6 bridgehead atoms. The van der Waals surface area contributed by atoms with Crippen LogP contribution in [0, 0.1) is 0 Å². The van der Waals surface area contributed by atoms with Crippen molar-refractivity contribution in [3.05, 3.63) is 94.9 Å². The van der Waals surface area contributed by atoms with Crippen molar-refractivity contribution in [2.45, 2.75) is 56.7 Å². The van der Waals surface area contributed by atoms with Gasteiger partial charge in [0.05, 0.1) is 24.5 Å². The lowest BCUT2D eigenvalue weighted by Crippen LogP contribution is -2.43. The number of carbonyl (C=O) groups excluding carboxylic acids is 4. The van der Waals surface area contributed by atoms with E-state index in [-0.39, 0.29) is 5.91 Å². The van der Waals surface area contributed by atoms with Gasteiger partial charge in [-0.2, -0.15) is 44.5 Å². The van der Waals surface area contributed by atoms with Crippen LogP contribution in [0.1, 0.15) is 29.5 Å². The summed E-state index contributed by atoms with van der Waals surface area (Å²) in [4.78, 5) is 56.0. The Morgan fingerprint density at radius 2 is 1.46 bits per heavy atom. The number of likely N-dealkylation sites (tertiary alicyclic amines) is 1. The molecule has 1 amide bonds. The van der Waals surface area contributed by atoms with Crippen LogP contribution < -0.4 is 16.0 Å². The van der Waals surface area contributed by atoms with E-state index in [4.69, 9.17) is 16.4 Å². The number of pyridine rings is 1. The first-order valence-corrected chi connectivity index (χ1v) is 17.1. The Kier molecular flexibility index (Phi) is 14.6. The predicted octanol–water partition coefficient (Wildman–Crippen LogP) is 7.75. The lowest BCUT2D eigenvalue weighted by atomic mass is 10.00. The molecule has 304 valence electrons. The zero-order valence-corrected chi connectivity index (χ0v) is 30.0. The van der Waals surface area contributed by atoms with Crippen LogP contribution >= 0.6 is 11.6 Å². The number of alkyl halides is 9. The van der Waals surface area contributed by atoms with Crippen LogP contribution in [0.5, 0.6) is 0 Å². The molecule has 0 spiro atoms. The summed E-state index contributed by atoms with van der Waals surface area (Å²) in [6, 6.07) is 18.7. The number of amides is 1. The molecule has 0 unspecified atom stereocenters. The molecule has 57 heavy (non-hydrogen) atoms. The number of halogens is 10. The van der Waals surface area contributed by atoms with Crippen molar-refractivity contribution < 1.29 is 58.7 Å². The van der Waals surface area contributed by atoms with Crippen LogP contribution in [0.25, 0.3) is 0 Å². The zero-order valence-electron chi connectivity index (χ0n) is 29.2. The highest BCUT2D eigenvalue weighted by Crippen LogP contribution is 2.31. The Hall–Kier alpha value is -5.79. The van der Waals surface area contributed by atoms with E-state index in [0.29, 0.717) is 29.3 Å². The minimum absolute atomic E-state index is 0.199. The van der Waals surface area contributed by atoms with E-state index in [1.807, 2.05) is 47.5 Å². The Bertz CT molecular complexity index is 2020. The Labute approximate surface area is 323 Å². The van der Waals surface area contributed by atoms with Crippen molar-refractivity contribution in [2.75, 3.05) is 29.0 Å². The molecule has 2 aliphatic rings. The Morgan fingerprint density at radius 1 is 0.825 bits per heavy atom. The minimum Gasteiger partial charge on any atom is -0.382 e. The number of aryl methyl sites for hydroxylation is 2. The smallest absolute Gasteiger partial charge is 0.382 e. The molecule has 4 heterocycles. The molecule has 0 radical (unpaired) electrons. The second-order valence-corrected chi connectivity index (χ2v) is 12.8. The Morgan fingerprint density at radius 3 is 2.05 bits per heavy atom. The number of carbonyl (C=O) groups is 4. The van der Waals surface area contributed by atoms with Gasteiger partial charge in [-0.1, -0.05) is 41.9 Å². The monoisotopic (exact) mass is 831 g/mol. The molecule has 0 atom stereocenters. The van der Waals surface area contributed by atoms with Crippen LogP contribution in [-0.2, 0) is 38.4 Å². The van der Waals surface area contributed by atoms with Crippen molar-refractivity contribution in [1.29, 1.82) is 0 Å². The fourth-order valence-corrected chi connectivity index (χ4v) is 5.54. The second-order valence-electron chi connectivity index (χ2n) is 12.4. The van der Waals surface area contributed by atoms with Gasteiger partial charge in [0.1, 0.15) is 5.02 Å². The van der Waals surface area contributed by atoms with Crippen molar-refractivity contribution in [3.8, 4) is 0 Å². The molecular weight excluding hydrogens is 801 g/mol.